The first kappa shape index (κ1) is 15.7. The topological polar surface area (TPSA) is 55.2 Å². The highest BCUT2D eigenvalue weighted by Crippen LogP contribution is 2.38. The lowest BCUT2D eigenvalue weighted by molar-refractivity contribution is -0.385. The molecule has 0 bridgehead atoms. The van der Waals surface area contributed by atoms with E-state index in [9.17, 15) is 18.9 Å². The molecule has 0 aliphatic heterocycles. The van der Waals surface area contributed by atoms with Crippen molar-refractivity contribution < 1.29 is 13.7 Å². The third-order valence-corrected chi connectivity index (χ3v) is 4.57. The molecule has 6 heteroatoms. The van der Waals surface area contributed by atoms with E-state index in [4.69, 9.17) is 0 Å². The zero-order valence-electron chi connectivity index (χ0n) is 12.2. The van der Waals surface area contributed by atoms with Gasteiger partial charge in [0.15, 0.2) is 0 Å². The van der Waals surface area contributed by atoms with Crippen molar-refractivity contribution in [2.45, 2.75) is 45.6 Å². The van der Waals surface area contributed by atoms with Gasteiger partial charge >= 0.3 is 0 Å². The van der Waals surface area contributed by atoms with Gasteiger partial charge in [-0.2, -0.15) is 0 Å². The Morgan fingerprint density at radius 2 is 2.14 bits per heavy atom. The van der Waals surface area contributed by atoms with Gasteiger partial charge in [-0.3, -0.25) is 10.1 Å². The molecule has 21 heavy (non-hydrogen) atoms. The van der Waals surface area contributed by atoms with Crippen LogP contribution in [0.5, 0.6) is 0 Å². The lowest BCUT2D eigenvalue weighted by atomic mass is 9.93. The van der Waals surface area contributed by atoms with Gasteiger partial charge < -0.3 is 5.32 Å². The molecule has 0 spiro atoms. The van der Waals surface area contributed by atoms with Gasteiger partial charge in [-0.1, -0.05) is 20.3 Å². The summed E-state index contributed by atoms with van der Waals surface area (Å²) >= 11 is 0. The van der Waals surface area contributed by atoms with Crippen LogP contribution < -0.4 is 5.32 Å². The Morgan fingerprint density at radius 3 is 2.67 bits per heavy atom. The van der Waals surface area contributed by atoms with Gasteiger partial charge in [-0.15, -0.1) is 0 Å². The van der Waals surface area contributed by atoms with Gasteiger partial charge in [-0.05, 0) is 30.7 Å². The summed E-state index contributed by atoms with van der Waals surface area (Å²) in [6.45, 7) is 4.27. The summed E-state index contributed by atoms with van der Waals surface area (Å²) in [4.78, 5) is 10.1. The van der Waals surface area contributed by atoms with Crippen LogP contribution in [0.3, 0.4) is 0 Å². The molecule has 0 radical (unpaired) electrons. The molecule has 1 aliphatic rings. The number of benzene rings is 1. The Kier molecular flexibility index (Phi) is 4.75. The molecule has 1 aliphatic carbocycles. The number of halogens is 2. The predicted octanol–water partition coefficient (Wildman–Crippen LogP) is 4.77. The SMILES string of the molecule is CCC1CCC(Nc2ccc([N+](=O)[O-])cc2C(F)F)C1C. The average Bonchev–Trinajstić information content (AvgIpc) is 2.79. The molecule has 3 unspecified atom stereocenters. The summed E-state index contributed by atoms with van der Waals surface area (Å²) in [5.74, 6) is 1.02. The average molecular weight is 298 g/mol. The Bertz CT molecular complexity index is 522. The molecule has 116 valence electrons. The molecule has 0 amide bonds. The molecule has 0 heterocycles. The maximum Gasteiger partial charge on any atom is 0.270 e. The lowest BCUT2D eigenvalue weighted by Gasteiger charge is -2.23. The van der Waals surface area contributed by atoms with Crippen LogP contribution in [0.2, 0.25) is 0 Å². The fraction of sp³-hybridized carbons (Fsp3) is 0.600. The number of anilines is 1. The molecule has 1 aromatic rings. The minimum atomic E-state index is -2.73. The zero-order valence-corrected chi connectivity index (χ0v) is 12.2. The summed E-state index contributed by atoms with van der Waals surface area (Å²) in [6.07, 6.45) is 0.388. The maximum absolute atomic E-state index is 13.1. The van der Waals surface area contributed by atoms with Crippen LogP contribution in [-0.2, 0) is 0 Å². The van der Waals surface area contributed by atoms with Crippen molar-refractivity contribution in [1.82, 2.24) is 0 Å². The van der Waals surface area contributed by atoms with Crippen LogP contribution in [-0.4, -0.2) is 11.0 Å². The number of alkyl halides is 2. The molecule has 1 N–H and O–H groups in total. The molecule has 1 saturated carbocycles. The summed E-state index contributed by atoms with van der Waals surface area (Å²) in [6, 6.07) is 3.77. The third kappa shape index (κ3) is 3.31. The van der Waals surface area contributed by atoms with Crippen molar-refractivity contribution in [3.63, 3.8) is 0 Å². The number of hydrogen-bond donors (Lipinski definition) is 1. The molecular weight excluding hydrogens is 278 g/mol. The molecule has 2 rings (SSSR count). The second-order valence-electron chi connectivity index (χ2n) is 5.68. The first-order valence-corrected chi connectivity index (χ1v) is 7.27. The van der Waals surface area contributed by atoms with Crippen molar-refractivity contribution in [1.29, 1.82) is 0 Å². The van der Waals surface area contributed by atoms with E-state index in [1.807, 2.05) is 0 Å². The molecule has 0 saturated heterocycles. The monoisotopic (exact) mass is 298 g/mol. The highest BCUT2D eigenvalue weighted by molar-refractivity contribution is 5.57. The highest BCUT2D eigenvalue weighted by atomic mass is 19.3. The third-order valence-electron chi connectivity index (χ3n) is 4.57. The standard InChI is InChI=1S/C15H20F2N2O2/c1-3-10-4-6-13(9(10)2)18-14-7-5-11(19(20)21)8-12(14)15(16)17/h5,7-10,13,15,18H,3-4,6H2,1-2H3. The fourth-order valence-electron chi connectivity index (χ4n) is 3.20. The summed E-state index contributed by atoms with van der Waals surface area (Å²) < 4.78 is 26.2. The highest BCUT2D eigenvalue weighted by Gasteiger charge is 2.32. The quantitative estimate of drug-likeness (QED) is 0.629. The first-order valence-electron chi connectivity index (χ1n) is 7.27. The number of non-ortho nitro benzene ring substituents is 1. The van der Waals surface area contributed by atoms with Crippen molar-refractivity contribution in [3.8, 4) is 0 Å². The number of hydrogen-bond acceptors (Lipinski definition) is 3. The van der Waals surface area contributed by atoms with Crippen LogP contribution in [0.15, 0.2) is 18.2 Å². The van der Waals surface area contributed by atoms with Crippen molar-refractivity contribution in [2.24, 2.45) is 11.8 Å². The predicted molar refractivity (Wildman–Crippen MR) is 77.6 cm³/mol. The van der Waals surface area contributed by atoms with Crippen LogP contribution >= 0.6 is 0 Å². The second kappa shape index (κ2) is 6.37. The Morgan fingerprint density at radius 1 is 1.43 bits per heavy atom. The Labute approximate surface area is 122 Å². The molecule has 4 nitrogen and oxygen atoms in total. The Hall–Kier alpha value is -1.72. The van der Waals surface area contributed by atoms with Gasteiger partial charge in [-0.25, -0.2) is 8.78 Å². The second-order valence-corrected chi connectivity index (χ2v) is 5.68. The van der Waals surface area contributed by atoms with Crippen LogP contribution in [0.1, 0.15) is 45.1 Å². The van der Waals surface area contributed by atoms with Gasteiger partial charge in [0.05, 0.1) is 4.92 Å². The smallest absolute Gasteiger partial charge is 0.270 e. The molecule has 0 aromatic heterocycles. The number of nitrogens with one attached hydrogen (secondary N) is 1. The molecule has 1 aromatic carbocycles. The van der Waals surface area contributed by atoms with E-state index in [0.717, 1.165) is 25.3 Å². The maximum atomic E-state index is 13.1. The normalized spacial score (nSPS) is 25.3. The Balaban J connectivity index is 2.22. The minimum absolute atomic E-state index is 0.147. The largest absolute Gasteiger partial charge is 0.382 e. The van der Waals surface area contributed by atoms with Crippen molar-refractivity contribution in [2.75, 3.05) is 5.32 Å². The number of nitrogens with zero attached hydrogens (tertiary/aromatic N) is 1. The van der Waals surface area contributed by atoms with E-state index in [0.29, 0.717) is 17.5 Å². The van der Waals surface area contributed by atoms with E-state index in [1.54, 1.807) is 0 Å². The van der Waals surface area contributed by atoms with E-state index < -0.39 is 11.3 Å². The molecule has 3 atom stereocenters. The van der Waals surface area contributed by atoms with E-state index in [-0.39, 0.29) is 17.3 Å². The van der Waals surface area contributed by atoms with Crippen LogP contribution in [0.4, 0.5) is 20.2 Å². The van der Waals surface area contributed by atoms with Crippen molar-refractivity contribution >= 4 is 11.4 Å². The fourth-order valence-corrected chi connectivity index (χ4v) is 3.20. The first-order chi connectivity index (χ1) is 9.93. The summed E-state index contributed by atoms with van der Waals surface area (Å²) in [5, 5.41) is 13.9. The number of rotatable bonds is 5. The van der Waals surface area contributed by atoms with Gasteiger partial charge in [0.2, 0.25) is 0 Å². The van der Waals surface area contributed by atoms with Gasteiger partial charge in [0.25, 0.3) is 12.1 Å². The molecule has 1 fully saturated rings. The number of nitro groups is 1. The summed E-state index contributed by atoms with van der Waals surface area (Å²) in [5.41, 5.74) is -0.290. The minimum Gasteiger partial charge on any atom is -0.382 e. The molecular formula is C15H20F2N2O2. The zero-order chi connectivity index (χ0) is 15.6. The van der Waals surface area contributed by atoms with Gasteiger partial charge in [0, 0.05) is 29.4 Å². The summed E-state index contributed by atoms with van der Waals surface area (Å²) in [7, 11) is 0. The van der Waals surface area contributed by atoms with Gasteiger partial charge in [0.1, 0.15) is 0 Å². The number of nitro benzene ring substituents is 1. The van der Waals surface area contributed by atoms with E-state index >= 15 is 0 Å². The lowest BCUT2D eigenvalue weighted by Crippen LogP contribution is -2.25. The van der Waals surface area contributed by atoms with Crippen molar-refractivity contribution in [3.05, 3.63) is 33.9 Å². The van der Waals surface area contributed by atoms with E-state index in [2.05, 4.69) is 19.2 Å². The van der Waals surface area contributed by atoms with E-state index in [1.165, 1.54) is 12.1 Å². The van der Waals surface area contributed by atoms with Crippen LogP contribution in [0.25, 0.3) is 0 Å². The van der Waals surface area contributed by atoms with Crippen LogP contribution in [0, 0.1) is 22.0 Å².